The standard InChI is InChI=1S/C15H16N6O/c1-2-5-11-8-13(20-19-11)15(22)18-12-6-3-4-7-14(12)21-10-16-9-17-21/h3-4,6-10H,2,5H2,1H3,(H,18,22)(H,19,20). The molecule has 0 atom stereocenters. The Balaban J connectivity index is 1.82. The molecule has 2 N–H and O–H groups in total. The zero-order valence-electron chi connectivity index (χ0n) is 12.2. The molecular formula is C15H16N6O. The second-order valence-electron chi connectivity index (χ2n) is 4.84. The number of H-pyrrole nitrogens is 1. The number of aromatic nitrogens is 5. The molecule has 2 heterocycles. The lowest BCUT2D eigenvalue weighted by molar-refractivity contribution is 0.102. The molecule has 22 heavy (non-hydrogen) atoms. The minimum atomic E-state index is -0.258. The molecule has 0 radical (unpaired) electrons. The van der Waals surface area contributed by atoms with E-state index in [9.17, 15) is 4.79 Å². The Bertz CT molecular complexity index is 762. The van der Waals surface area contributed by atoms with Crippen LogP contribution >= 0.6 is 0 Å². The van der Waals surface area contributed by atoms with Gasteiger partial charge in [-0.2, -0.15) is 10.2 Å². The van der Waals surface area contributed by atoms with E-state index >= 15 is 0 Å². The number of hydrogen-bond donors (Lipinski definition) is 2. The van der Waals surface area contributed by atoms with Gasteiger partial charge in [0.1, 0.15) is 12.7 Å². The van der Waals surface area contributed by atoms with Gasteiger partial charge in [-0.05, 0) is 24.6 Å². The van der Waals surface area contributed by atoms with Crippen LogP contribution in [0.15, 0.2) is 43.0 Å². The van der Waals surface area contributed by atoms with Crippen LogP contribution in [-0.4, -0.2) is 30.9 Å². The van der Waals surface area contributed by atoms with E-state index in [0.29, 0.717) is 11.4 Å². The molecule has 0 saturated heterocycles. The van der Waals surface area contributed by atoms with Crippen molar-refractivity contribution in [3.05, 3.63) is 54.4 Å². The first-order valence-electron chi connectivity index (χ1n) is 7.07. The number of rotatable bonds is 5. The van der Waals surface area contributed by atoms with Crippen LogP contribution in [0.2, 0.25) is 0 Å². The second-order valence-corrected chi connectivity index (χ2v) is 4.84. The third-order valence-electron chi connectivity index (χ3n) is 3.20. The fraction of sp³-hybridized carbons (Fsp3) is 0.200. The van der Waals surface area contributed by atoms with Crippen molar-refractivity contribution in [1.82, 2.24) is 25.0 Å². The largest absolute Gasteiger partial charge is 0.319 e. The average Bonchev–Trinajstić information content (AvgIpc) is 3.19. The van der Waals surface area contributed by atoms with Crippen LogP contribution < -0.4 is 5.32 Å². The Kier molecular flexibility index (Phi) is 3.95. The highest BCUT2D eigenvalue weighted by molar-refractivity contribution is 6.04. The molecule has 3 rings (SSSR count). The van der Waals surface area contributed by atoms with Gasteiger partial charge in [0.05, 0.1) is 11.4 Å². The van der Waals surface area contributed by atoms with Crippen molar-refractivity contribution < 1.29 is 4.79 Å². The molecule has 7 heteroatoms. The topological polar surface area (TPSA) is 88.5 Å². The molecule has 0 saturated carbocycles. The number of aryl methyl sites for hydroxylation is 1. The van der Waals surface area contributed by atoms with Gasteiger partial charge in [0.25, 0.3) is 5.91 Å². The van der Waals surface area contributed by atoms with Gasteiger partial charge in [-0.3, -0.25) is 9.89 Å². The van der Waals surface area contributed by atoms with Crippen LogP contribution in [0.3, 0.4) is 0 Å². The van der Waals surface area contributed by atoms with Crippen LogP contribution in [0.25, 0.3) is 5.69 Å². The molecular weight excluding hydrogens is 280 g/mol. The Morgan fingerprint density at radius 1 is 1.36 bits per heavy atom. The van der Waals surface area contributed by atoms with Gasteiger partial charge in [0, 0.05) is 5.69 Å². The van der Waals surface area contributed by atoms with Crippen LogP contribution in [0, 0.1) is 0 Å². The van der Waals surface area contributed by atoms with E-state index in [4.69, 9.17) is 0 Å². The molecule has 0 aliphatic rings. The number of anilines is 1. The predicted molar refractivity (Wildman–Crippen MR) is 81.9 cm³/mol. The van der Waals surface area contributed by atoms with E-state index in [0.717, 1.165) is 24.2 Å². The maximum atomic E-state index is 12.3. The number of aromatic amines is 1. The quantitative estimate of drug-likeness (QED) is 0.755. The zero-order chi connectivity index (χ0) is 15.4. The van der Waals surface area contributed by atoms with Crippen molar-refractivity contribution in [2.24, 2.45) is 0 Å². The lowest BCUT2D eigenvalue weighted by Gasteiger charge is -2.09. The second kappa shape index (κ2) is 6.21. The molecule has 3 aromatic rings. The van der Waals surface area contributed by atoms with Gasteiger partial charge < -0.3 is 5.32 Å². The first-order chi connectivity index (χ1) is 10.8. The van der Waals surface area contributed by atoms with Crippen molar-refractivity contribution in [1.29, 1.82) is 0 Å². The van der Waals surface area contributed by atoms with Crippen molar-refractivity contribution in [3.8, 4) is 5.69 Å². The van der Waals surface area contributed by atoms with Gasteiger partial charge >= 0.3 is 0 Å². The average molecular weight is 296 g/mol. The Morgan fingerprint density at radius 3 is 3.00 bits per heavy atom. The monoisotopic (exact) mass is 296 g/mol. The summed E-state index contributed by atoms with van der Waals surface area (Å²) >= 11 is 0. The van der Waals surface area contributed by atoms with Crippen LogP contribution in [0.5, 0.6) is 0 Å². The number of nitrogens with one attached hydrogen (secondary N) is 2. The first-order valence-corrected chi connectivity index (χ1v) is 7.07. The van der Waals surface area contributed by atoms with E-state index in [1.54, 1.807) is 17.1 Å². The third kappa shape index (κ3) is 2.88. The number of hydrogen-bond acceptors (Lipinski definition) is 4. The fourth-order valence-corrected chi connectivity index (χ4v) is 2.17. The molecule has 1 aromatic carbocycles. The summed E-state index contributed by atoms with van der Waals surface area (Å²) in [5.74, 6) is -0.258. The summed E-state index contributed by atoms with van der Waals surface area (Å²) in [7, 11) is 0. The predicted octanol–water partition coefficient (Wildman–Crippen LogP) is 2.20. The summed E-state index contributed by atoms with van der Waals surface area (Å²) in [6, 6.07) is 9.17. The summed E-state index contributed by atoms with van der Waals surface area (Å²) in [5.41, 5.74) is 2.73. The highest BCUT2D eigenvalue weighted by Crippen LogP contribution is 2.19. The zero-order valence-corrected chi connectivity index (χ0v) is 12.2. The number of carbonyl (C=O) groups is 1. The van der Waals surface area contributed by atoms with Gasteiger partial charge in [-0.15, -0.1) is 0 Å². The molecule has 0 aliphatic carbocycles. The number of nitrogens with zero attached hydrogens (tertiary/aromatic N) is 4. The highest BCUT2D eigenvalue weighted by atomic mass is 16.1. The van der Waals surface area contributed by atoms with Crippen LogP contribution in [-0.2, 0) is 6.42 Å². The number of para-hydroxylation sites is 2. The molecule has 0 fully saturated rings. The van der Waals surface area contributed by atoms with Crippen molar-refractivity contribution >= 4 is 11.6 Å². The van der Waals surface area contributed by atoms with E-state index in [-0.39, 0.29) is 5.91 Å². The molecule has 0 aliphatic heterocycles. The number of amides is 1. The lowest BCUT2D eigenvalue weighted by atomic mass is 10.2. The molecule has 0 spiro atoms. The first kappa shape index (κ1) is 14.0. The van der Waals surface area contributed by atoms with E-state index in [2.05, 4.69) is 32.5 Å². The smallest absolute Gasteiger partial charge is 0.276 e. The van der Waals surface area contributed by atoms with Crippen molar-refractivity contribution in [2.75, 3.05) is 5.32 Å². The Hall–Kier alpha value is -2.96. The van der Waals surface area contributed by atoms with Crippen LogP contribution in [0.1, 0.15) is 29.5 Å². The van der Waals surface area contributed by atoms with Gasteiger partial charge in [-0.25, -0.2) is 9.67 Å². The normalized spacial score (nSPS) is 10.6. The lowest BCUT2D eigenvalue weighted by Crippen LogP contribution is -2.14. The van der Waals surface area contributed by atoms with Gasteiger partial charge in [0.15, 0.2) is 5.69 Å². The van der Waals surface area contributed by atoms with Gasteiger partial charge in [-0.1, -0.05) is 25.5 Å². The fourth-order valence-electron chi connectivity index (χ4n) is 2.17. The maximum Gasteiger partial charge on any atom is 0.276 e. The summed E-state index contributed by atoms with van der Waals surface area (Å²) in [6.07, 6.45) is 4.90. The molecule has 0 bridgehead atoms. The molecule has 112 valence electrons. The summed E-state index contributed by atoms with van der Waals surface area (Å²) < 4.78 is 1.60. The SMILES string of the molecule is CCCc1cc(C(=O)Nc2ccccc2-n2cncn2)n[nH]1. The maximum absolute atomic E-state index is 12.3. The summed E-state index contributed by atoms with van der Waals surface area (Å²) in [5, 5.41) is 13.9. The molecule has 2 aromatic heterocycles. The van der Waals surface area contributed by atoms with Crippen molar-refractivity contribution in [2.45, 2.75) is 19.8 Å². The van der Waals surface area contributed by atoms with E-state index in [1.807, 2.05) is 24.3 Å². The van der Waals surface area contributed by atoms with Crippen molar-refractivity contribution in [3.63, 3.8) is 0 Å². The minimum Gasteiger partial charge on any atom is -0.319 e. The minimum absolute atomic E-state index is 0.258. The third-order valence-corrected chi connectivity index (χ3v) is 3.20. The molecule has 7 nitrogen and oxygen atoms in total. The number of carbonyl (C=O) groups excluding carboxylic acids is 1. The van der Waals surface area contributed by atoms with E-state index in [1.165, 1.54) is 6.33 Å². The van der Waals surface area contributed by atoms with Gasteiger partial charge in [0.2, 0.25) is 0 Å². The summed E-state index contributed by atoms with van der Waals surface area (Å²) in [4.78, 5) is 16.2. The molecule has 0 unspecified atom stereocenters. The van der Waals surface area contributed by atoms with E-state index < -0.39 is 0 Å². The number of benzene rings is 1. The highest BCUT2D eigenvalue weighted by Gasteiger charge is 2.13. The Morgan fingerprint density at radius 2 is 2.23 bits per heavy atom. The molecule has 1 amide bonds. The van der Waals surface area contributed by atoms with Crippen LogP contribution in [0.4, 0.5) is 5.69 Å². The Labute approximate surface area is 127 Å². The summed E-state index contributed by atoms with van der Waals surface area (Å²) in [6.45, 7) is 2.08.